The average molecular weight is 341 g/mol. The number of nitrogens with zero attached hydrogens (tertiary/aromatic N) is 1. The molecule has 0 spiro atoms. The zero-order valence-electron chi connectivity index (χ0n) is 11.0. The van der Waals surface area contributed by atoms with Gasteiger partial charge in [-0.05, 0) is 37.0 Å². The predicted molar refractivity (Wildman–Crippen MR) is 79.4 cm³/mol. The fraction of sp³-hybridized carbons (Fsp3) is 0.429. The molecule has 1 heterocycles. The van der Waals surface area contributed by atoms with Crippen LogP contribution >= 0.6 is 15.9 Å². The summed E-state index contributed by atoms with van der Waals surface area (Å²) < 4.78 is 0.764. The molecule has 0 bridgehead atoms. The molecule has 1 aliphatic heterocycles. The molecule has 1 saturated heterocycles. The fourth-order valence-corrected chi connectivity index (χ4v) is 3.09. The molecule has 1 atom stereocenters. The Labute approximate surface area is 125 Å². The lowest BCUT2D eigenvalue weighted by molar-refractivity contribution is -0.138. The van der Waals surface area contributed by atoms with Crippen molar-refractivity contribution in [3.05, 3.63) is 28.2 Å². The molecular weight excluding hydrogens is 324 g/mol. The van der Waals surface area contributed by atoms with Gasteiger partial charge in [-0.15, -0.1) is 0 Å². The Morgan fingerprint density at radius 2 is 2.15 bits per heavy atom. The maximum Gasteiger partial charge on any atom is 0.303 e. The second-order valence-corrected chi connectivity index (χ2v) is 6.05. The zero-order valence-corrected chi connectivity index (χ0v) is 12.6. The Morgan fingerprint density at radius 1 is 1.40 bits per heavy atom. The summed E-state index contributed by atoms with van der Waals surface area (Å²) >= 11 is 3.32. The molecule has 0 aliphatic carbocycles. The van der Waals surface area contributed by atoms with Crippen molar-refractivity contribution < 1.29 is 14.7 Å². The number of halogens is 1. The first-order valence-electron chi connectivity index (χ1n) is 6.53. The van der Waals surface area contributed by atoms with E-state index < -0.39 is 5.97 Å². The fourth-order valence-electron chi connectivity index (χ4n) is 2.58. The van der Waals surface area contributed by atoms with E-state index in [1.165, 1.54) is 0 Å². The summed E-state index contributed by atoms with van der Waals surface area (Å²) in [5.41, 5.74) is 6.81. The number of carbonyl (C=O) groups is 2. The van der Waals surface area contributed by atoms with Gasteiger partial charge in [0, 0.05) is 35.2 Å². The first kappa shape index (κ1) is 14.8. The van der Waals surface area contributed by atoms with Crippen LogP contribution in [0.2, 0.25) is 0 Å². The van der Waals surface area contributed by atoms with Gasteiger partial charge in [-0.1, -0.05) is 15.9 Å². The van der Waals surface area contributed by atoms with E-state index in [0.717, 1.165) is 17.3 Å². The Balaban J connectivity index is 2.10. The molecule has 1 aromatic rings. The van der Waals surface area contributed by atoms with Crippen molar-refractivity contribution in [1.29, 1.82) is 0 Å². The van der Waals surface area contributed by atoms with Crippen molar-refractivity contribution in [3.63, 3.8) is 0 Å². The van der Waals surface area contributed by atoms with Crippen molar-refractivity contribution in [2.24, 2.45) is 5.92 Å². The summed E-state index contributed by atoms with van der Waals surface area (Å²) in [4.78, 5) is 24.9. The van der Waals surface area contributed by atoms with Gasteiger partial charge < -0.3 is 15.7 Å². The highest BCUT2D eigenvalue weighted by atomic mass is 79.9. The number of aliphatic carboxylic acids is 1. The van der Waals surface area contributed by atoms with Crippen molar-refractivity contribution in [2.75, 3.05) is 18.8 Å². The molecule has 3 N–H and O–H groups in total. The zero-order chi connectivity index (χ0) is 14.7. The van der Waals surface area contributed by atoms with Gasteiger partial charge in [0.05, 0.1) is 0 Å². The molecule has 0 radical (unpaired) electrons. The van der Waals surface area contributed by atoms with Gasteiger partial charge in [-0.3, -0.25) is 9.59 Å². The van der Waals surface area contributed by atoms with Crippen LogP contribution in [-0.2, 0) is 4.79 Å². The van der Waals surface area contributed by atoms with Crippen molar-refractivity contribution in [2.45, 2.75) is 19.3 Å². The van der Waals surface area contributed by atoms with Gasteiger partial charge >= 0.3 is 5.97 Å². The number of hydrogen-bond donors (Lipinski definition) is 2. The topological polar surface area (TPSA) is 83.6 Å². The van der Waals surface area contributed by atoms with Crippen LogP contribution in [0.1, 0.15) is 29.6 Å². The van der Waals surface area contributed by atoms with E-state index in [4.69, 9.17) is 10.8 Å². The molecule has 5 nitrogen and oxygen atoms in total. The molecule has 0 saturated carbocycles. The Morgan fingerprint density at radius 3 is 2.80 bits per heavy atom. The summed E-state index contributed by atoms with van der Waals surface area (Å²) in [7, 11) is 0. The summed E-state index contributed by atoms with van der Waals surface area (Å²) in [6.45, 7) is 1.17. The molecule has 1 aliphatic rings. The number of rotatable bonds is 3. The van der Waals surface area contributed by atoms with Gasteiger partial charge in [0.25, 0.3) is 5.91 Å². The lowest BCUT2D eigenvalue weighted by Crippen LogP contribution is -2.40. The van der Waals surface area contributed by atoms with E-state index in [2.05, 4.69) is 15.9 Å². The lowest BCUT2D eigenvalue weighted by atomic mass is 9.94. The van der Waals surface area contributed by atoms with Gasteiger partial charge in [-0.2, -0.15) is 0 Å². The number of benzene rings is 1. The third-order valence-electron chi connectivity index (χ3n) is 3.44. The molecule has 108 valence electrons. The van der Waals surface area contributed by atoms with Crippen LogP contribution in [0.4, 0.5) is 5.69 Å². The summed E-state index contributed by atoms with van der Waals surface area (Å²) in [5, 5.41) is 8.85. The van der Waals surface area contributed by atoms with Crippen molar-refractivity contribution in [1.82, 2.24) is 4.90 Å². The van der Waals surface area contributed by atoms with Crippen LogP contribution < -0.4 is 5.73 Å². The van der Waals surface area contributed by atoms with Crippen LogP contribution in [0, 0.1) is 5.92 Å². The van der Waals surface area contributed by atoms with E-state index in [-0.39, 0.29) is 18.2 Å². The number of carboxylic acid groups (broad SMARTS) is 1. The van der Waals surface area contributed by atoms with Crippen LogP contribution in [0.5, 0.6) is 0 Å². The van der Waals surface area contributed by atoms with Crippen LogP contribution in [-0.4, -0.2) is 35.0 Å². The van der Waals surface area contributed by atoms with Crippen molar-refractivity contribution in [3.8, 4) is 0 Å². The number of anilines is 1. The normalized spacial score (nSPS) is 18.9. The smallest absolute Gasteiger partial charge is 0.303 e. The highest BCUT2D eigenvalue weighted by molar-refractivity contribution is 9.10. The number of piperidine rings is 1. The number of amides is 1. The van der Waals surface area contributed by atoms with E-state index in [1.54, 1.807) is 23.1 Å². The van der Waals surface area contributed by atoms with E-state index >= 15 is 0 Å². The lowest BCUT2D eigenvalue weighted by Gasteiger charge is -2.32. The summed E-state index contributed by atoms with van der Waals surface area (Å²) in [5.74, 6) is -0.862. The van der Waals surface area contributed by atoms with Crippen LogP contribution in [0.3, 0.4) is 0 Å². The van der Waals surface area contributed by atoms with Crippen molar-refractivity contribution >= 4 is 33.5 Å². The minimum atomic E-state index is -0.809. The number of nitrogen functional groups attached to an aromatic ring is 1. The number of nitrogens with two attached hydrogens (primary N) is 1. The second-order valence-electron chi connectivity index (χ2n) is 5.13. The molecular formula is C14H17BrN2O3. The molecule has 0 aromatic heterocycles. The van der Waals surface area contributed by atoms with Gasteiger partial charge in [-0.25, -0.2) is 0 Å². The maximum atomic E-state index is 12.4. The summed E-state index contributed by atoms with van der Waals surface area (Å²) in [6.07, 6.45) is 1.81. The third kappa shape index (κ3) is 3.72. The number of hydrogen-bond acceptors (Lipinski definition) is 3. The molecule has 1 amide bonds. The largest absolute Gasteiger partial charge is 0.481 e. The Hall–Kier alpha value is -1.56. The van der Waals surface area contributed by atoms with Crippen LogP contribution in [0.25, 0.3) is 0 Å². The molecule has 1 aromatic carbocycles. The molecule has 1 unspecified atom stereocenters. The first-order valence-corrected chi connectivity index (χ1v) is 7.32. The van der Waals surface area contributed by atoms with E-state index in [0.29, 0.717) is 24.3 Å². The summed E-state index contributed by atoms with van der Waals surface area (Å²) in [6, 6.07) is 5.12. The standard InChI is InChI=1S/C14H17BrN2O3/c15-11-5-10(6-12(16)7-11)14(20)17-3-1-2-9(8-17)4-13(18)19/h5-7,9H,1-4,8,16H2,(H,18,19). The number of carbonyl (C=O) groups excluding carboxylic acids is 1. The first-order chi connectivity index (χ1) is 9.45. The second kappa shape index (κ2) is 6.26. The van der Waals surface area contributed by atoms with Gasteiger partial charge in [0.15, 0.2) is 0 Å². The SMILES string of the molecule is Nc1cc(Br)cc(C(=O)N2CCCC(CC(=O)O)C2)c1. The quantitative estimate of drug-likeness (QED) is 0.827. The predicted octanol–water partition coefficient (Wildman–Crippen LogP) is 2.36. The van der Waals surface area contributed by atoms with E-state index in [9.17, 15) is 9.59 Å². The Kier molecular flexibility index (Phi) is 4.65. The van der Waals surface area contributed by atoms with E-state index in [1.807, 2.05) is 0 Å². The maximum absolute atomic E-state index is 12.4. The highest BCUT2D eigenvalue weighted by Crippen LogP contribution is 2.23. The van der Waals surface area contributed by atoms with Gasteiger partial charge in [0.1, 0.15) is 0 Å². The number of carboxylic acids is 1. The number of likely N-dealkylation sites (tertiary alicyclic amines) is 1. The average Bonchev–Trinajstić information content (AvgIpc) is 2.36. The third-order valence-corrected chi connectivity index (χ3v) is 3.89. The molecule has 6 heteroatoms. The minimum Gasteiger partial charge on any atom is -0.481 e. The molecule has 2 rings (SSSR count). The minimum absolute atomic E-state index is 0.0368. The molecule has 20 heavy (non-hydrogen) atoms. The van der Waals surface area contributed by atoms with Crippen LogP contribution in [0.15, 0.2) is 22.7 Å². The highest BCUT2D eigenvalue weighted by Gasteiger charge is 2.26. The Bertz CT molecular complexity index is 513. The molecule has 1 fully saturated rings. The monoisotopic (exact) mass is 340 g/mol. The van der Waals surface area contributed by atoms with Gasteiger partial charge in [0.2, 0.25) is 0 Å².